The van der Waals surface area contributed by atoms with Crippen LogP contribution < -0.4 is 4.74 Å². The molecule has 3 rings (SSSR count). The van der Waals surface area contributed by atoms with Crippen molar-refractivity contribution in [1.82, 2.24) is 19.6 Å². The number of carbonyl (C=O) groups excluding carboxylic acids is 3. The Kier molecular flexibility index (Phi) is 7.57. The highest BCUT2D eigenvalue weighted by atomic mass is 16.6. The third-order valence-electron chi connectivity index (χ3n) is 4.81. The smallest absolute Gasteiger partial charge is 0.410 e. The van der Waals surface area contributed by atoms with Gasteiger partial charge in [-0.15, -0.1) is 0 Å². The molecule has 1 fully saturated rings. The van der Waals surface area contributed by atoms with Crippen molar-refractivity contribution in [1.29, 1.82) is 0 Å². The SMILES string of the molecule is CCOC(=O)c1nn(-c2ccccc2)cc1OCC(=O)N1CCN(C(=O)OC(C)(C)C)CC1. The molecule has 1 saturated heterocycles. The molecule has 1 aliphatic heterocycles. The van der Waals surface area contributed by atoms with Gasteiger partial charge < -0.3 is 24.0 Å². The van der Waals surface area contributed by atoms with Gasteiger partial charge in [-0.1, -0.05) is 18.2 Å². The number of hydrogen-bond donors (Lipinski definition) is 0. The highest BCUT2D eigenvalue weighted by Crippen LogP contribution is 2.21. The van der Waals surface area contributed by atoms with Crippen LogP contribution in [0.4, 0.5) is 4.79 Å². The van der Waals surface area contributed by atoms with E-state index in [4.69, 9.17) is 14.2 Å². The molecule has 1 aromatic carbocycles. The average Bonchev–Trinajstić information content (AvgIpc) is 3.22. The molecule has 0 atom stereocenters. The molecule has 1 aromatic heterocycles. The minimum atomic E-state index is -0.624. The summed E-state index contributed by atoms with van der Waals surface area (Å²) >= 11 is 0. The molecule has 2 aromatic rings. The van der Waals surface area contributed by atoms with Crippen LogP contribution in [0.25, 0.3) is 5.69 Å². The Bertz CT molecular complexity index is 975. The van der Waals surface area contributed by atoms with Crippen molar-refractivity contribution in [2.24, 2.45) is 0 Å². The van der Waals surface area contributed by atoms with Gasteiger partial charge in [0.05, 0.1) is 18.5 Å². The summed E-state index contributed by atoms with van der Waals surface area (Å²) in [4.78, 5) is 40.4. The standard InChI is InChI=1S/C23H30N4O6/c1-5-31-21(29)20-18(15-27(24-20)17-9-7-6-8-10-17)32-16-19(28)25-11-13-26(14-12-25)22(30)33-23(2,3)4/h6-10,15H,5,11-14,16H2,1-4H3. The topological polar surface area (TPSA) is 103 Å². The molecule has 0 radical (unpaired) electrons. The van der Waals surface area contributed by atoms with Crippen LogP contribution >= 0.6 is 0 Å². The highest BCUT2D eigenvalue weighted by Gasteiger charge is 2.28. The number of aromatic nitrogens is 2. The van der Waals surface area contributed by atoms with Gasteiger partial charge in [-0.05, 0) is 39.8 Å². The maximum absolute atomic E-state index is 12.7. The predicted octanol–water partition coefficient (Wildman–Crippen LogP) is 2.51. The van der Waals surface area contributed by atoms with Gasteiger partial charge >= 0.3 is 12.1 Å². The van der Waals surface area contributed by atoms with Crippen LogP contribution in [0.5, 0.6) is 5.75 Å². The van der Waals surface area contributed by atoms with Crippen LogP contribution in [0.3, 0.4) is 0 Å². The van der Waals surface area contributed by atoms with Crippen molar-refractivity contribution >= 4 is 18.0 Å². The molecule has 33 heavy (non-hydrogen) atoms. The molecule has 0 saturated carbocycles. The Hall–Kier alpha value is -3.56. The Morgan fingerprint density at radius 2 is 1.64 bits per heavy atom. The van der Waals surface area contributed by atoms with Crippen LogP contribution in [0.15, 0.2) is 36.5 Å². The van der Waals surface area contributed by atoms with Crippen molar-refractivity contribution < 1.29 is 28.6 Å². The molecule has 1 aliphatic rings. The molecule has 2 amide bonds. The fourth-order valence-electron chi connectivity index (χ4n) is 3.21. The van der Waals surface area contributed by atoms with E-state index in [2.05, 4.69) is 5.10 Å². The summed E-state index contributed by atoms with van der Waals surface area (Å²) in [6, 6.07) is 9.24. The Morgan fingerprint density at radius 3 is 2.24 bits per heavy atom. The summed E-state index contributed by atoms with van der Waals surface area (Å²) in [7, 11) is 0. The predicted molar refractivity (Wildman–Crippen MR) is 119 cm³/mol. The summed E-state index contributed by atoms with van der Waals surface area (Å²) in [5.41, 5.74) is 0.171. The van der Waals surface area contributed by atoms with E-state index in [1.165, 1.54) is 4.68 Å². The van der Waals surface area contributed by atoms with E-state index in [9.17, 15) is 14.4 Å². The minimum Gasteiger partial charge on any atom is -0.480 e. The van der Waals surface area contributed by atoms with Gasteiger partial charge in [-0.2, -0.15) is 5.10 Å². The number of ether oxygens (including phenoxy) is 3. The summed E-state index contributed by atoms with van der Waals surface area (Å²) in [6.45, 7) is 8.56. The first-order chi connectivity index (χ1) is 15.7. The molecular formula is C23H30N4O6. The molecule has 178 valence electrons. The Labute approximate surface area is 193 Å². The van der Waals surface area contributed by atoms with Crippen LogP contribution in [-0.2, 0) is 14.3 Å². The van der Waals surface area contributed by atoms with Gasteiger partial charge in [0.25, 0.3) is 5.91 Å². The van der Waals surface area contributed by atoms with Gasteiger partial charge in [-0.25, -0.2) is 14.3 Å². The lowest BCUT2D eigenvalue weighted by Crippen LogP contribution is -2.52. The molecule has 0 unspecified atom stereocenters. The number of nitrogens with zero attached hydrogens (tertiary/aromatic N) is 4. The number of benzene rings is 1. The van der Waals surface area contributed by atoms with Gasteiger partial charge in [0.15, 0.2) is 12.4 Å². The maximum Gasteiger partial charge on any atom is 0.410 e. The molecule has 0 spiro atoms. The van der Waals surface area contributed by atoms with Crippen molar-refractivity contribution in [2.75, 3.05) is 39.4 Å². The van der Waals surface area contributed by atoms with Gasteiger partial charge in [0, 0.05) is 26.2 Å². The number of hydrogen-bond acceptors (Lipinski definition) is 7. The lowest BCUT2D eigenvalue weighted by atomic mass is 10.2. The van der Waals surface area contributed by atoms with E-state index >= 15 is 0 Å². The van der Waals surface area contributed by atoms with Gasteiger partial charge in [-0.3, -0.25) is 4.79 Å². The second-order valence-electron chi connectivity index (χ2n) is 8.48. The van der Waals surface area contributed by atoms with Crippen LogP contribution in [0.2, 0.25) is 0 Å². The van der Waals surface area contributed by atoms with E-state index < -0.39 is 17.7 Å². The van der Waals surface area contributed by atoms with Crippen molar-refractivity contribution in [3.05, 3.63) is 42.2 Å². The fourth-order valence-corrected chi connectivity index (χ4v) is 3.21. The normalized spacial score (nSPS) is 14.1. The zero-order valence-corrected chi connectivity index (χ0v) is 19.4. The summed E-state index contributed by atoms with van der Waals surface area (Å²) < 4.78 is 17.6. The molecule has 0 bridgehead atoms. The van der Waals surface area contributed by atoms with E-state index in [0.717, 1.165) is 5.69 Å². The van der Waals surface area contributed by atoms with Crippen molar-refractivity contribution in [2.45, 2.75) is 33.3 Å². The number of para-hydroxylation sites is 1. The second-order valence-corrected chi connectivity index (χ2v) is 8.48. The Balaban J connectivity index is 1.61. The van der Waals surface area contributed by atoms with E-state index in [1.807, 2.05) is 51.1 Å². The van der Waals surface area contributed by atoms with E-state index in [0.29, 0.717) is 26.2 Å². The number of rotatable bonds is 6. The van der Waals surface area contributed by atoms with Gasteiger partial charge in [0.2, 0.25) is 5.69 Å². The van der Waals surface area contributed by atoms with E-state index in [-0.39, 0.29) is 30.6 Å². The third kappa shape index (κ3) is 6.47. The minimum absolute atomic E-state index is 0.00301. The molecule has 0 N–H and O–H groups in total. The fraction of sp³-hybridized carbons (Fsp3) is 0.478. The maximum atomic E-state index is 12.7. The lowest BCUT2D eigenvalue weighted by Gasteiger charge is -2.35. The van der Waals surface area contributed by atoms with Gasteiger partial charge in [0.1, 0.15) is 5.60 Å². The van der Waals surface area contributed by atoms with Crippen LogP contribution in [0, 0.1) is 0 Å². The Morgan fingerprint density at radius 1 is 1.00 bits per heavy atom. The molecule has 10 nitrogen and oxygen atoms in total. The van der Waals surface area contributed by atoms with Crippen LogP contribution in [0.1, 0.15) is 38.2 Å². The zero-order valence-electron chi connectivity index (χ0n) is 19.4. The molecule has 10 heteroatoms. The first-order valence-electron chi connectivity index (χ1n) is 10.9. The number of piperazine rings is 1. The average molecular weight is 459 g/mol. The first-order valence-corrected chi connectivity index (χ1v) is 10.9. The third-order valence-corrected chi connectivity index (χ3v) is 4.81. The molecular weight excluding hydrogens is 428 g/mol. The van der Waals surface area contributed by atoms with Crippen LogP contribution in [-0.4, -0.2) is 82.5 Å². The van der Waals surface area contributed by atoms with Crippen molar-refractivity contribution in [3.63, 3.8) is 0 Å². The lowest BCUT2D eigenvalue weighted by molar-refractivity contribution is -0.135. The summed E-state index contributed by atoms with van der Waals surface area (Å²) in [6.07, 6.45) is 1.16. The molecule has 0 aliphatic carbocycles. The zero-order chi connectivity index (χ0) is 24.0. The summed E-state index contributed by atoms with van der Waals surface area (Å²) in [5, 5.41) is 4.28. The second kappa shape index (κ2) is 10.4. The summed E-state index contributed by atoms with van der Waals surface area (Å²) in [5.74, 6) is -0.709. The largest absolute Gasteiger partial charge is 0.480 e. The number of esters is 1. The number of amides is 2. The van der Waals surface area contributed by atoms with E-state index in [1.54, 1.807) is 22.9 Å². The first kappa shape index (κ1) is 24.1. The van der Waals surface area contributed by atoms with Crippen molar-refractivity contribution in [3.8, 4) is 11.4 Å². The molecule has 2 heterocycles. The quantitative estimate of drug-likeness (QED) is 0.613. The number of carbonyl (C=O) groups is 3. The highest BCUT2D eigenvalue weighted by molar-refractivity contribution is 5.90. The monoisotopic (exact) mass is 458 g/mol.